The second-order valence-electron chi connectivity index (χ2n) is 5.39. The number of nitrogens with zero attached hydrogens (tertiary/aromatic N) is 1. The summed E-state index contributed by atoms with van der Waals surface area (Å²) in [4.78, 5) is 2.44. The van der Waals surface area contributed by atoms with E-state index in [0.29, 0.717) is 0 Å². The molecular weight excluding hydrogens is 310 g/mol. The van der Waals surface area contributed by atoms with Crippen LogP contribution in [0.15, 0.2) is 24.3 Å². The topological polar surface area (TPSA) is 24.5 Å². The van der Waals surface area contributed by atoms with Gasteiger partial charge in [-0.15, -0.1) is 12.4 Å². The molecule has 0 aromatic heterocycles. The molecule has 22 heavy (non-hydrogen) atoms. The third-order valence-electron chi connectivity index (χ3n) is 3.89. The van der Waals surface area contributed by atoms with Gasteiger partial charge in [-0.05, 0) is 24.1 Å². The normalized spacial score (nSPS) is 17.1. The molecule has 0 aliphatic carbocycles. The number of ether oxygens (including phenoxy) is 1. The first-order valence-corrected chi connectivity index (χ1v) is 7.70. The molecular formula is C16H25ClF2N2O. The highest BCUT2D eigenvalue weighted by molar-refractivity contribution is 5.85. The van der Waals surface area contributed by atoms with Gasteiger partial charge < -0.3 is 10.1 Å². The van der Waals surface area contributed by atoms with E-state index < -0.39 is 6.61 Å². The van der Waals surface area contributed by atoms with Gasteiger partial charge in [0.05, 0.1) is 0 Å². The molecule has 0 amide bonds. The van der Waals surface area contributed by atoms with Crippen LogP contribution in [-0.2, 0) is 0 Å². The van der Waals surface area contributed by atoms with Gasteiger partial charge in [0.15, 0.2) is 0 Å². The molecule has 0 radical (unpaired) electrons. The molecule has 2 rings (SSSR count). The van der Waals surface area contributed by atoms with E-state index in [4.69, 9.17) is 0 Å². The summed E-state index contributed by atoms with van der Waals surface area (Å²) in [7, 11) is 0. The lowest BCUT2D eigenvalue weighted by atomic mass is 9.98. The maximum Gasteiger partial charge on any atom is 0.387 e. The Morgan fingerprint density at radius 3 is 2.64 bits per heavy atom. The summed E-state index contributed by atoms with van der Waals surface area (Å²) in [6.45, 7) is 3.35. The van der Waals surface area contributed by atoms with E-state index in [0.717, 1.165) is 51.0 Å². The van der Waals surface area contributed by atoms with Crippen LogP contribution in [0.3, 0.4) is 0 Å². The molecule has 1 saturated heterocycles. The third-order valence-corrected chi connectivity index (χ3v) is 3.89. The fourth-order valence-corrected chi connectivity index (χ4v) is 2.85. The maximum atomic E-state index is 12.4. The van der Waals surface area contributed by atoms with E-state index >= 15 is 0 Å². The largest absolute Gasteiger partial charge is 0.435 e. The molecule has 1 heterocycles. The lowest BCUT2D eigenvalue weighted by Crippen LogP contribution is -2.45. The van der Waals surface area contributed by atoms with Crippen LogP contribution < -0.4 is 10.1 Å². The Labute approximate surface area is 137 Å². The van der Waals surface area contributed by atoms with Crippen molar-refractivity contribution in [2.45, 2.75) is 38.8 Å². The average molecular weight is 335 g/mol. The lowest BCUT2D eigenvalue weighted by Gasteiger charge is -2.35. The number of nitrogens with one attached hydrogen (secondary N) is 1. The summed E-state index contributed by atoms with van der Waals surface area (Å²) in [6.07, 6.45) is 3.32. The van der Waals surface area contributed by atoms with Gasteiger partial charge in [-0.25, -0.2) is 0 Å². The summed E-state index contributed by atoms with van der Waals surface area (Å²) in [6, 6.07) is 7.45. The number of benzene rings is 1. The molecule has 1 aromatic carbocycles. The van der Waals surface area contributed by atoms with Crippen LogP contribution >= 0.6 is 12.4 Å². The van der Waals surface area contributed by atoms with Crippen LogP contribution in [0, 0.1) is 0 Å². The van der Waals surface area contributed by atoms with Crippen molar-refractivity contribution in [3.05, 3.63) is 29.8 Å². The highest BCUT2D eigenvalue weighted by Gasteiger charge is 2.22. The van der Waals surface area contributed by atoms with Crippen molar-refractivity contribution in [2.75, 3.05) is 26.2 Å². The molecule has 126 valence electrons. The highest BCUT2D eigenvalue weighted by atomic mass is 35.5. The monoisotopic (exact) mass is 334 g/mol. The fourth-order valence-electron chi connectivity index (χ4n) is 2.85. The van der Waals surface area contributed by atoms with Crippen molar-refractivity contribution < 1.29 is 13.5 Å². The van der Waals surface area contributed by atoms with E-state index in [1.54, 1.807) is 18.2 Å². The average Bonchev–Trinajstić information content (AvgIpc) is 2.48. The van der Waals surface area contributed by atoms with Gasteiger partial charge in [0.1, 0.15) is 5.75 Å². The summed E-state index contributed by atoms with van der Waals surface area (Å²) in [5.74, 6) is 0.249. The van der Waals surface area contributed by atoms with Gasteiger partial charge in [0.2, 0.25) is 0 Å². The SMILES string of the molecule is CCCC[C@@H](c1cccc(OC(F)F)c1)N1CCNCC1.Cl. The molecule has 1 aromatic rings. The number of hydrogen-bond acceptors (Lipinski definition) is 3. The summed E-state index contributed by atoms with van der Waals surface area (Å²) < 4.78 is 29.3. The summed E-state index contributed by atoms with van der Waals surface area (Å²) in [5, 5.41) is 3.35. The first-order valence-electron chi connectivity index (χ1n) is 7.70. The molecule has 1 aliphatic rings. The number of unbranched alkanes of at least 4 members (excludes halogenated alkanes) is 1. The molecule has 0 unspecified atom stereocenters. The number of hydrogen-bond donors (Lipinski definition) is 1. The zero-order valence-corrected chi connectivity index (χ0v) is 13.7. The lowest BCUT2D eigenvalue weighted by molar-refractivity contribution is -0.0499. The minimum atomic E-state index is -2.77. The van der Waals surface area contributed by atoms with E-state index in [9.17, 15) is 8.78 Å². The molecule has 3 nitrogen and oxygen atoms in total. The van der Waals surface area contributed by atoms with Crippen molar-refractivity contribution in [2.24, 2.45) is 0 Å². The van der Waals surface area contributed by atoms with Crippen molar-refractivity contribution in [1.29, 1.82) is 0 Å². The van der Waals surface area contributed by atoms with Gasteiger partial charge in [0.25, 0.3) is 0 Å². The number of alkyl halides is 2. The van der Waals surface area contributed by atoms with Crippen LogP contribution in [0.4, 0.5) is 8.78 Å². The number of halogens is 3. The van der Waals surface area contributed by atoms with Crippen LogP contribution in [0.25, 0.3) is 0 Å². The van der Waals surface area contributed by atoms with E-state index in [1.165, 1.54) is 0 Å². The molecule has 1 fully saturated rings. The van der Waals surface area contributed by atoms with Crippen molar-refractivity contribution in [3.8, 4) is 5.75 Å². The summed E-state index contributed by atoms with van der Waals surface area (Å²) in [5.41, 5.74) is 1.07. The van der Waals surface area contributed by atoms with Crippen molar-refractivity contribution >= 4 is 12.4 Å². The minimum Gasteiger partial charge on any atom is -0.435 e. The smallest absolute Gasteiger partial charge is 0.387 e. The summed E-state index contributed by atoms with van der Waals surface area (Å²) >= 11 is 0. The zero-order valence-electron chi connectivity index (χ0n) is 12.9. The first-order chi connectivity index (χ1) is 10.2. The van der Waals surface area contributed by atoms with Gasteiger partial charge >= 0.3 is 6.61 Å². The third kappa shape index (κ3) is 5.71. The molecule has 0 saturated carbocycles. The standard InChI is InChI=1S/C16H24F2N2O.ClH/c1-2-3-7-15(20-10-8-19-9-11-20)13-5-4-6-14(12-13)21-16(17)18;/h4-6,12,15-16,19H,2-3,7-11H2,1H3;1H/t15-;/m0./s1. The second-order valence-corrected chi connectivity index (χ2v) is 5.39. The van der Waals surface area contributed by atoms with Crippen LogP contribution in [-0.4, -0.2) is 37.7 Å². The Balaban J connectivity index is 0.00000242. The Morgan fingerprint density at radius 1 is 1.27 bits per heavy atom. The Morgan fingerprint density at radius 2 is 2.00 bits per heavy atom. The highest BCUT2D eigenvalue weighted by Crippen LogP contribution is 2.29. The quantitative estimate of drug-likeness (QED) is 0.819. The number of piperazine rings is 1. The Kier molecular flexibility index (Phi) is 8.68. The molecule has 6 heteroatoms. The molecule has 1 N–H and O–H groups in total. The molecule has 0 bridgehead atoms. The van der Waals surface area contributed by atoms with Crippen molar-refractivity contribution in [1.82, 2.24) is 10.2 Å². The maximum absolute atomic E-state index is 12.4. The Hall–Kier alpha value is -0.910. The van der Waals surface area contributed by atoms with E-state index in [1.807, 2.05) is 6.07 Å². The first kappa shape index (κ1) is 19.1. The second kappa shape index (κ2) is 9.98. The predicted molar refractivity (Wildman–Crippen MR) is 87.0 cm³/mol. The van der Waals surface area contributed by atoms with Crippen LogP contribution in [0.2, 0.25) is 0 Å². The van der Waals surface area contributed by atoms with Crippen LogP contribution in [0.5, 0.6) is 5.75 Å². The van der Waals surface area contributed by atoms with Gasteiger partial charge in [-0.1, -0.05) is 31.9 Å². The molecule has 1 atom stereocenters. The fraction of sp³-hybridized carbons (Fsp3) is 0.625. The molecule has 1 aliphatic heterocycles. The van der Waals surface area contributed by atoms with E-state index in [2.05, 4.69) is 21.9 Å². The van der Waals surface area contributed by atoms with Gasteiger partial charge in [0, 0.05) is 32.2 Å². The van der Waals surface area contributed by atoms with Gasteiger partial charge in [-0.3, -0.25) is 4.90 Å². The zero-order chi connectivity index (χ0) is 15.1. The Bertz CT molecular complexity index is 428. The van der Waals surface area contributed by atoms with Crippen LogP contribution in [0.1, 0.15) is 37.8 Å². The number of rotatable bonds is 7. The predicted octanol–water partition coefficient (Wildman–Crippen LogP) is 3.85. The van der Waals surface area contributed by atoms with E-state index in [-0.39, 0.29) is 24.2 Å². The van der Waals surface area contributed by atoms with Crippen molar-refractivity contribution in [3.63, 3.8) is 0 Å². The molecule has 0 spiro atoms. The minimum absolute atomic E-state index is 0. The van der Waals surface area contributed by atoms with Gasteiger partial charge in [-0.2, -0.15) is 8.78 Å².